The topological polar surface area (TPSA) is 69.3 Å². The molecule has 1 N–H and O–H groups in total. The normalized spacial score (nSPS) is 18.5. The number of anilines is 1. The van der Waals surface area contributed by atoms with Crippen molar-refractivity contribution in [1.82, 2.24) is 14.9 Å². The minimum Gasteiger partial charge on any atom is -0.368 e. The fourth-order valence-electron chi connectivity index (χ4n) is 5.74. The summed E-state index contributed by atoms with van der Waals surface area (Å²) in [6, 6.07) is 6.42. The molecular weight excluding hydrogens is 468 g/mol. The van der Waals surface area contributed by atoms with Crippen LogP contribution in [0.25, 0.3) is 10.2 Å². The second kappa shape index (κ2) is 9.66. The van der Waals surface area contributed by atoms with Crippen molar-refractivity contribution >= 4 is 33.1 Å². The van der Waals surface area contributed by atoms with Crippen LogP contribution in [0.4, 0.5) is 5.69 Å². The summed E-state index contributed by atoms with van der Waals surface area (Å²) in [4.78, 5) is 40.2. The Labute approximate surface area is 217 Å². The van der Waals surface area contributed by atoms with Gasteiger partial charge in [-0.05, 0) is 67.2 Å². The van der Waals surface area contributed by atoms with Crippen molar-refractivity contribution < 1.29 is 4.79 Å². The van der Waals surface area contributed by atoms with Gasteiger partial charge in [-0.2, -0.15) is 0 Å². The summed E-state index contributed by atoms with van der Waals surface area (Å²) in [5.41, 5.74) is 5.30. The summed E-state index contributed by atoms with van der Waals surface area (Å²) in [6.07, 6.45) is 3.94. The Bertz CT molecular complexity index is 1340. The van der Waals surface area contributed by atoms with Crippen LogP contribution in [-0.4, -0.2) is 47.0 Å². The summed E-state index contributed by atoms with van der Waals surface area (Å²) >= 11 is 1.68. The Morgan fingerprint density at radius 3 is 2.64 bits per heavy atom. The van der Waals surface area contributed by atoms with E-state index >= 15 is 0 Å². The van der Waals surface area contributed by atoms with Gasteiger partial charge in [0.25, 0.3) is 5.56 Å². The van der Waals surface area contributed by atoms with Crippen LogP contribution >= 0.6 is 11.3 Å². The van der Waals surface area contributed by atoms with Gasteiger partial charge < -0.3 is 14.8 Å². The van der Waals surface area contributed by atoms with Gasteiger partial charge in [-0.1, -0.05) is 32.9 Å². The van der Waals surface area contributed by atoms with Gasteiger partial charge in [0.1, 0.15) is 10.7 Å². The first-order chi connectivity index (χ1) is 17.1. The lowest BCUT2D eigenvalue weighted by Crippen LogP contribution is -2.49. The summed E-state index contributed by atoms with van der Waals surface area (Å²) in [5, 5.41) is 0.778. The number of hydrogen-bond donors (Lipinski definition) is 1. The third-order valence-electron chi connectivity index (χ3n) is 8.32. The molecule has 1 atom stereocenters. The van der Waals surface area contributed by atoms with Gasteiger partial charge in [-0.25, -0.2) is 4.98 Å². The molecule has 6 nitrogen and oxygen atoms in total. The molecular formula is C29H38N4O2S. The zero-order valence-corrected chi connectivity index (χ0v) is 23.1. The molecule has 1 aliphatic carbocycles. The van der Waals surface area contributed by atoms with E-state index in [9.17, 15) is 9.59 Å². The number of aromatic nitrogens is 2. The number of aromatic amines is 1. The van der Waals surface area contributed by atoms with Crippen LogP contribution in [0, 0.1) is 25.2 Å². The first-order valence-electron chi connectivity index (χ1n) is 13.2. The Morgan fingerprint density at radius 1 is 1.17 bits per heavy atom. The number of hydrogen-bond acceptors (Lipinski definition) is 5. The first-order valence-corrected chi connectivity index (χ1v) is 14.1. The SMILES string of the molecule is Cc1cccc(N2CCN(C(=O)CCc3nc4sc5c(c4c(=O)[nH]3)CC[C@H](C(C)(C)C)C5)CC2)c1C. The number of nitrogens with zero attached hydrogens (tertiary/aromatic N) is 3. The lowest BCUT2D eigenvalue weighted by molar-refractivity contribution is -0.131. The van der Waals surface area contributed by atoms with E-state index in [4.69, 9.17) is 4.98 Å². The summed E-state index contributed by atoms with van der Waals surface area (Å²) in [6.45, 7) is 14.4. The number of thiophene rings is 1. The number of carbonyl (C=O) groups excluding carboxylic acids is 1. The van der Waals surface area contributed by atoms with Gasteiger partial charge in [0.05, 0.1) is 5.39 Å². The lowest BCUT2D eigenvalue weighted by atomic mass is 9.72. The van der Waals surface area contributed by atoms with Gasteiger partial charge in [-0.3, -0.25) is 9.59 Å². The summed E-state index contributed by atoms with van der Waals surface area (Å²) < 4.78 is 0. The second-order valence-corrected chi connectivity index (χ2v) is 12.7. The molecule has 0 saturated carbocycles. The van der Waals surface area contributed by atoms with E-state index in [1.54, 1.807) is 11.3 Å². The van der Waals surface area contributed by atoms with Crippen molar-refractivity contribution in [2.45, 2.75) is 66.7 Å². The number of carbonyl (C=O) groups is 1. The van der Waals surface area contributed by atoms with Crippen LogP contribution in [0.5, 0.6) is 0 Å². The molecule has 0 radical (unpaired) electrons. The van der Waals surface area contributed by atoms with E-state index in [1.807, 2.05) is 4.90 Å². The van der Waals surface area contributed by atoms with Crippen LogP contribution in [0.1, 0.15) is 61.0 Å². The van der Waals surface area contributed by atoms with Crippen LogP contribution < -0.4 is 10.5 Å². The molecule has 1 saturated heterocycles. The van der Waals surface area contributed by atoms with Crippen molar-refractivity contribution in [3.8, 4) is 0 Å². The molecule has 1 fully saturated rings. The zero-order chi connectivity index (χ0) is 25.6. The molecule has 3 aromatic rings. The molecule has 7 heteroatoms. The molecule has 0 bridgehead atoms. The van der Waals surface area contributed by atoms with Crippen molar-refractivity contribution in [3.05, 3.63) is 55.9 Å². The summed E-state index contributed by atoms with van der Waals surface area (Å²) in [5.74, 6) is 1.39. The summed E-state index contributed by atoms with van der Waals surface area (Å²) in [7, 11) is 0. The van der Waals surface area contributed by atoms with E-state index in [1.165, 1.54) is 27.3 Å². The maximum absolute atomic E-state index is 13.0. The number of rotatable bonds is 4. The highest BCUT2D eigenvalue weighted by Crippen LogP contribution is 2.42. The van der Waals surface area contributed by atoms with E-state index in [2.05, 4.69) is 62.7 Å². The van der Waals surface area contributed by atoms with Crippen molar-refractivity contribution in [2.24, 2.45) is 11.3 Å². The van der Waals surface area contributed by atoms with Crippen molar-refractivity contribution in [2.75, 3.05) is 31.1 Å². The van der Waals surface area contributed by atoms with E-state index in [-0.39, 0.29) is 16.9 Å². The largest absolute Gasteiger partial charge is 0.368 e. The van der Waals surface area contributed by atoms with Crippen molar-refractivity contribution in [1.29, 1.82) is 0 Å². The number of fused-ring (bicyclic) bond motifs is 3. The van der Waals surface area contributed by atoms with Crippen LogP contribution in [-0.2, 0) is 24.1 Å². The second-order valence-electron chi connectivity index (χ2n) is 11.6. The molecule has 1 aromatic carbocycles. The smallest absolute Gasteiger partial charge is 0.259 e. The number of nitrogens with one attached hydrogen (secondary N) is 1. The quantitative estimate of drug-likeness (QED) is 0.539. The van der Waals surface area contributed by atoms with Crippen LogP contribution in [0.2, 0.25) is 0 Å². The average Bonchev–Trinajstić information content (AvgIpc) is 3.22. The van der Waals surface area contributed by atoms with Gasteiger partial charge >= 0.3 is 0 Å². The predicted octanol–water partition coefficient (Wildman–Crippen LogP) is 5.03. The van der Waals surface area contributed by atoms with Crippen molar-refractivity contribution in [3.63, 3.8) is 0 Å². The highest BCUT2D eigenvalue weighted by molar-refractivity contribution is 7.18. The fourth-order valence-corrected chi connectivity index (χ4v) is 7.06. The average molecular weight is 507 g/mol. The number of benzene rings is 1. The number of H-pyrrole nitrogens is 1. The van der Waals surface area contributed by atoms with Gasteiger partial charge in [0.2, 0.25) is 5.91 Å². The first kappa shape index (κ1) is 25.0. The van der Waals surface area contributed by atoms with Gasteiger partial charge in [0.15, 0.2) is 0 Å². The molecule has 36 heavy (non-hydrogen) atoms. The van der Waals surface area contributed by atoms with E-state index in [0.717, 1.165) is 55.7 Å². The third-order valence-corrected chi connectivity index (χ3v) is 9.47. The van der Waals surface area contributed by atoms with Gasteiger partial charge in [-0.15, -0.1) is 11.3 Å². The Morgan fingerprint density at radius 2 is 1.92 bits per heavy atom. The number of piperazine rings is 1. The number of aryl methyl sites for hydroxylation is 3. The highest BCUT2D eigenvalue weighted by Gasteiger charge is 2.31. The molecule has 1 amide bonds. The standard InChI is InChI=1S/C29H38N4O2S/c1-18-7-6-8-22(19(18)2)32-13-15-33(16-14-32)25(34)12-11-24-30-27(35)26-21-10-9-20(29(3,4)5)17-23(21)36-28(26)31-24/h6-8,20H,9-17H2,1-5H3,(H,30,31,35)/t20-/m0/s1. The van der Waals surface area contributed by atoms with Crippen LogP contribution in [0.15, 0.2) is 23.0 Å². The molecule has 1 aliphatic heterocycles. The Hall–Kier alpha value is -2.67. The maximum Gasteiger partial charge on any atom is 0.259 e. The molecule has 2 aromatic heterocycles. The monoisotopic (exact) mass is 506 g/mol. The molecule has 0 unspecified atom stereocenters. The lowest BCUT2D eigenvalue weighted by Gasteiger charge is -2.37. The third kappa shape index (κ3) is 4.82. The highest BCUT2D eigenvalue weighted by atomic mass is 32.1. The molecule has 0 spiro atoms. The van der Waals surface area contributed by atoms with Gasteiger partial charge in [0, 0.05) is 49.6 Å². The maximum atomic E-state index is 13.0. The fraction of sp³-hybridized carbons (Fsp3) is 0.552. The molecule has 192 valence electrons. The zero-order valence-electron chi connectivity index (χ0n) is 22.2. The minimum absolute atomic E-state index is 0.0451. The van der Waals surface area contributed by atoms with E-state index < -0.39 is 0 Å². The molecule has 3 heterocycles. The Kier molecular flexibility index (Phi) is 6.70. The predicted molar refractivity (Wildman–Crippen MR) is 148 cm³/mol. The molecule has 5 rings (SSSR count). The van der Waals surface area contributed by atoms with E-state index in [0.29, 0.717) is 24.6 Å². The number of amides is 1. The Balaban J connectivity index is 1.22. The minimum atomic E-state index is -0.0451. The molecule has 2 aliphatic rings. The van der Waals surface area contributed by atoms with Crippen LogP contribution in [0.3, 0.4) is 0 Å².